The summed E-state index contributed by atoms with van der Waals surface area (Å²) in [4.78, 5) is 17.2. The number of hydrogen-bond acceptors (Lipinski definition) is 2. The molecule has 480 valence electrons. The molecule has 1 aromatic heterocycles. The Morgan fingerprint density at radius 1 is 0.432 bits per heavy atom. The van der Waals surface area contributed by atoms with Crippen molar-refractivity contribution >= 4 is 33.8 Å². The molecule has 1 saturated carbocycles. The van der Waals surface area contributed by atoms with Crippen LogP contribution in [0.5, 0.6) is 0 Å². The van der Waals surface area contributed by atoms with Gasteiger partial charge in [0.1, 0.15) is 11.8 Å². The normalized spacial score (nSPS) is 15.9. The molecule has 1 aliphatic rings. The van der Waals surface area contributed by atoms with Gasteiger partial charge in [-0.25, -0.2) is 4.98 Å². The summed E-state index contributed by atoms with van der Waals surface area (Å²) in [6.07, 6.45) is -31.1. The molecule has 1 heterocycles. The molecule has 28 heteroatoms. The molecule has 0 unspecified atom stereocenters. The highest BCUT2D eigenvalue weighted by Gasteiger charge is 2.47. The number of ketones is 1. The van der Waals surface area contributed by atoms with Crippen LogP contribution in [0.2, 0.25) is 0 Å². The summed E-state index contributed by atoms with van der Waals surface area (Å²) in [5.74, 6) is 1.61. The van der Waals surface area contributed by atoms with Gasteiger partial charge in [0.15, 0.2) is 12.4 Å². The second-order valence-electron chi connectivity index (χ2n) is 21.6. The topological polar surface area (TPSA) is 33.8 Å². The van der Waals surface area contributed by atoms with Crippen LogP contribution >= 0.6 is 0 Å². The molecule has 5 aromatic carbocycles. The van der Waals surface area contributed by atoms with Crippen molar-refractivity contribution in [1.82, 2.24) is 4.98 Å². The van der Waals surface area contributed by atoms with Crippen molar-refractivity contribution in [3.05, 3.63) is 177 Å². The number of Topliss-reactive ketones (excluding diaryl/α,β-unsaturated/α-hetero) is 1. The van der Waals surface area contributed by atoms with E-state index in [0.717, 1.165) is 17.2 Å². The van der Waals surface area contributed by atoms with Crippen molar-refractivity contribution in [2.45, 2.75) is 152 Å². The molecule has 0 spiro atoms. The van der Waals surface area contributed by atoms with E-state index in [-0.39, 0.29) is 5.78 Å². The molecule has 0 amide bonds. The number of benzene rings is 5. The largest absolute Gasteiger partial charge is 0.416 e. The number of carbonyl (C=O) groups is 1. The maximum absolute atomic E-state index is 14.2. The number of nitrogens with zero attached hydrogens (tertiary/aromatic N) is 2. The Balaban J connectivity index is 0.000000334. The number of hydrogen-bond donors (Lipinski definition) is 0. The first kappa shape index (κ1) is 70.3. The van der Waals surface area contributed by atoms with Gasteiger partial charge in [-0.1, -0.05) is 144 Å². The zero-order valence-electron chi connectivity index (χ0n) is 46.1. The maximum Gasteiger partial charge on any atom is 0.416 e. The summed E-state index contributed by atoms with van der Waals surface area (Å²) in [6, 6.07) is 0.746. The van der Waals surface area contributed by atoms with E-state index in [9.17, 15) is 110 Å². The summed E-state index contributed by atoms with van der Waals surface area (Å²) in [7, 11) is 0. The fourth-order valence-electron chi connectivity index (χ4n) is 11.0. The molecular weight excluding hydrogens is 1230 g/mol. The van der Waals surface area contributed by atoms with Gasteiger partial charge in [0, 0.05) is 11.5 Å². The lowest BCUT2D eigenvalue weighted by Crippen LogP contribution is -2.75. The zero-order valence-corrected chi connectivity index (χ0v) is 46.1. The lowest BCUT2D eigenvalue weighted by atomic mass is 9.12. The summed E-state index contributed by atoms with van der Waals surface area (Å²) in [6.45, 7) is 2.67. The van der Waals surface area contributed by atoms with Crippen LogP contribution in [0.4, 0.5) is 105 Å². The van der Waals surface area contributed by atoms with Crippen LogP contribution < -0.4 is 26.4 Å². The predicted molar refractivity (Wildman–Crippen MR) is 277 cm³/mol. The minimum Gasteiger partial charge on any atom is -0.287 e. The molecule has 0 saturated heterocycles. The van der Waals surface area contributed by atoms with Crippen molar-refractivity contribution in [1.29, 1.82) is 0 Å². The van der Waals surface area contributed by atoms with Gasteiger partial charge in [-0.2, -0.15) is 132 Å². The lowest BCUT2D eigenvalue weighted by molar-refractivity contribution is -0.684. The molecule has 0 N–H and O–H groups in total. The van der Waals surface area contributed by atoms with Gasteiger partial charge in [-0.3, -0.25) is 4.79 Å². The van der Waals surface area contributed by atoms with Crippen LogP contribution in [0, 0.1) is 5.92 Å². The van der Waals surface area contributed by atoms with Crippen molar-refractivity contribution in [3.8, 4) is 0 Å². The third-order valence-corrected chi connectivity index (χ3v) is 15.4. The molecule has 0 radical (unpaired) electrons. The quantitative estimate of drug-likeness (QED) is 0.0300. The highest BCUT2D eigenvalue weighted by atomic mass is 19.4. The third kappa shape index (κ3) is 18.2. The SMILES string of the molecule is CCCCCCCCCCC1CCC(c2c[n+](CC(=O)c3ccccc3)ccn2)CC1.FC(F)(F)c1cc([B-](c2cc(C(F)(F)F)cc(C(F)(F)F)c2)(c2cc(C(F)(F)F)cc(C(F)(F)F)c2)c2cc(C(F)(F)F)cc(C(F)(F)F)c2)cc(C(F)(F)F)c1. The Morgan fingerprint density at radius 2 is 0.739 bits per heavy atom. The van der Waals surface area contributed by atoms with Gasteiger partial charge in [0.05, 0.1) is 50.7 Å². The number of aromatic nitrogens is 2. The van der Waals surface area contributed by atoms with Gasteiger partial charge in [0.25, 0.3) is 0 Å². The van der Waals surface area contributed by atoms with Crippen LogP contribution in [0.25, 0.3) is 0 Å². The van der Waals surface area contributed by atoms with E-state index in [0.29, 0.717) is 12.5 Å². The molecular formula is C60H53BF24N2O. The van der Waals surface area contributed by atoms with Crippen molar-refractivity contribution in [2.75, 3.05) is 0 Å². The fraction of sp³-hybridized carbons (Fsp3) is 0.417. The first-order chi connectivity index (χ1) is 40.5. The molecule has 88 heavy (non-hydrogen) atoms. The van der Waals surface area contributed by atoms with Crippen molar-refractivity contribution in [3.63, 3.8) is 0 Å². The Hall–Kier alpha value is -6.77. The Labute approximate surface area is 488 Å². The van der Waals surface area contributed by atoms with E-state index in [1.807, 2.05) is 47.3 Å². The molecule has 1 fully saturated rings. The van der Waals surface area contributed by atoms with Gasteiger partial charge in [-0.15, -0.1) is 0 Å². The van der Waals surface area contributed by atoms with E-state index in [1.54, 1.807) is 0 Å². The summed E-state index contributed by atoms with van der Waals surface area (Å²) < 4.78 is 343. The zero-order chi connectivity index (χ0) is 65.6. The van der Waals surface area contributed by atoms with Crippen molar-refractivity contribution < 1.29 is 115 Å². The third-order valence-electron chi connectivity index (χ3n) is 15.4. The van der Waals surface area contributed by atoms with Gasteiger partial charge in [-0.05, 0) is 55.9 Å². The minimum atomic E-state index is -6.13. The molecule has 0 bridgehead atoms. The molecule has 0 aliphatic heterocycles. The number of rotatable bonds is 17. The fourth-order valence-corrected chi connectivity index (χ4v) is 11.0. The summed E-state index contributed by atoms with van der Waals surface area (Å²) in [5, 5.41) is 0. The highest BCUT2D eigenvalue weighted by Crippen LogP contribution is 2.42. The number of carbonyl (C=O) groups excluding carboxylic acids is 1. The van der Waals surface area contributed by atoms with Crippen LogP contribution in [0.15, 0.2) is 122 Å². The average Bonchev–Trinajstić information content (AvgIpc) is 0.731. The predicted octanol–water partition coefficient (Wildman–Crippen LogP) is 18.3. The van der Waals surface area contributed by atoms with E-state index >= 15 is 0 Å². The van der Waals surface area contributed by atoms with E-state index < -0.39 is 195 Å². The Bertz CT molecular complexity index is 2870. The average molecular weight is 1280 g/mol. The number of halogens is 24. The van der Waals surface area contributed by atoms with E-state index in [4.69, 9.17) is 0 Å². The van der Waals surface area contributed by atoms with Gasteiger partial charge in [0.2, 0.25) is 12.3 Å². The van der Waals surface area contributed by atoms with Crippen LogP contribution in [-0.2, 0) is 56.0 Å². The molecule has 1 aliphatic carbocycles. The summed E-state index contributed by atoms with van der Waals surface area (Å²) in [5.41, 5.74) is -28.3. The molecule has 3 nitrogen and oxygen atoms in total. The van der Waals surface area contributed by atoms with Gasteiger partial charge >= 0.3 is 49.4 Å². The highest BCUT2D eigenvalue weighted by molar-refractivity contribution is 7.20. The molecule has 6 aromatic rings. The first-order valence-electron chi connectivity index (χ1n) is 27.3. The van der Waals surface area contributed by atoms with E-state index in [2.05, 4.69) is 18.1 Å². The van der Waals surface area contributed by atoms with Crippen molar-refractivity contribution in [2.24, 2.45) is 5.92 Å². The van der Waals surface area contributed by atoms with Crippen LogP contribution in [0.3, 0.4) is 0 Å². The van der Waals surface area contributed by atoms with E-state index in [1.165, 1.54) is 83.5 Å². The lowest BCUT2D eigenvalue weighted by Gasteiger charge is -2.46. The number of unbranched alkanes of at least 4 members (excludes halogenated alkanes) is 7. The second kappa shape index (κ2) is 27.1. The first-order valence-corrected chi connectivity index (χ1v) is 27.3. The smallest absolute Gasteiger partial charge is 0.287 e. The second-order valence-corrected chi connectivity index (χ2v) is 21.6. The molecule has 0 atom stereocenters. The Kier molecular flexibility index (Phi) is 21.7. The number of alkyl halides is 24. The monoisotopic (exact) mass is 1280 g/mol. The van der Waals surface area contributed by atoms with Crippen LogP contribution in [-0.4, -0.2) is 16.9 Å². The summed E-state index contributed by atoms with van der Waals surface area (Å²) >= 11 is 0. The minimum absolute atomic E-state index is 0.150. The molecule has 7 rings (SSSR count). The van der Waals surface area contributed by atoms with Gasteiger partial charge < -0.3 is 0 Å². The standard InChI is InChI=1S/C32H12BF24.C28H41N2O/c34-25(35,36)13-1-14(26(37,38)39)6-21(5-13)33(22-7-15(27(40,41)42)2-16(8-22)28(43,44)45,23-9-17(29(46,47)48)3-18(10-23)30(49,50)51)24-11-19(31(52,53)54)4-20(12-24)32(55,56)57;1-2-3-4-5-6-7-8-10-13-24-16-18-25(19-17-24)27-22-30(21-20-29-27)23-28(31)26-14-11-9-12-15-26/h1-12H;9,11-12,14-15,20-22,24-25H,2-8,10,13,16-19,23H2,1H3/q-1;+1. The maximum atomic E-state index is 14.2. The Morgan fingerprint density at radius 3 is 1.05 bits per heavy atom. The van der Waals surface area contributed by atoms with Crippen LogP contribution in [0.1, 0.15) is 157 Å².